The van der Waals surface area contributed by atoms with Gasteiger partial charge in [-0.1, -0.05) is 0 Å². The van der Waals surface area contributed by atoms with Gasteiger partial charge in [-0.2, -0.15) is 9.97 Å². The first-order chi connectivity index (χ1) is 9.06. The Kier molecular flexibility index (Phi) is 3.79. The highest BCUT2D eigenvalue weighted by Crippen LogP contribution is 2.17. The van der Waals surface area contributed by atoms with E-state index in [-0.39, 0.29) is 24.9 Å². The first-order valence-corrected chi connectivity index (χ1v) is 5.62. The highest BCUT2D eigenvalue weighted by Gasteiger charge is 2.20. The number of nitrogens with two attached hydrogens (primary N) is 2. The molecule has 0 bridgehead atoms. The number of rotatable bonds is 5. The Hall–Kier alpha value is -1.97. The van der Waals surface area contributed by atoms with Gasteiger partial charge in [0.25, 0.3) is 0 Å². The largest absolute Gasteiger partial charge is 0.394 e. The zero-order chi connectivity index (χ0) is 14.0. The van der Waals surface area contributed by atoms with E-state index in [9.17, 15) is 5.11 Å². The molecule has 2 heterocycles. The van der Waals surface area contributed by atoms with E-state index in [1.807, 2.05) is 0 Å². The maximum absolute atomic E-state index is 9.94. The monoisotopic (exact) mass is 268 g/mol. The second-order valence-corrected chi connectivity index (χ2v) is 4.06. The quantitative estimate of drug-likeness (QED) is 0.505. The summed E-state index contributed by atoms with van der Waals surface area (Å²) in [5.41, 5.74) is 12.0. The summed E-state index contributed by atoms with van der Waals surface area (Å²) < 4.78 is 6.53. The molecule has 0 aliphatic rings. The fraction of sp³-hybridized carbons (Fsp3) is 0.500. The van der Waals surface area contributed by atoms with Crippen molar-refractivity contribution in [3.05, 3.63) is 6.33 Å². The van der Waals surface area contributed by atoms with Crippen LogP contribution in [0.1, 0.15) is 0 Å². The van der Waals surface area contributed by atoms with Crippen LogP contribution in [0.2, 0.25) is 0 Å². The van der Waals surface area contributed by atoms with Crippen LogP contribution >= 0.6 is 0 Å². The van der Waals surface area contributed by atoms with Crippen molar-refractivity contribution in [2.45, 2.75) is 18.8 Å². The van der Waals surface area contributed by atoms with E-state index < -0.39 is 12.2 Å². The van der Waals surface area contributed by atoms with Crippen LogP contribution in [0.5, 0.6) is 0 Å². The van der Waals surface area contributed by atoms with Crippen LogP contribution in [-0.4, -0.2) is 55.7 Å². The number of nitrogens with zero attached hydrogens (tertiary/aromatic N) is 4. The van der Waals surface area contributed by atoms with E-state index in [1.54, 1.807) is 4.57 Å². The summed E-state index contributed by atoms with van der Waals surface area (Å²) in [6.07, 6.45) is -0.124. The summed E-state index contributed by atoms with van der Waals surface area (Å²) in [6.45, 7) is -0.144. The van der Waals surface area contributed by atoms with E-state index in [2.05, 4.69) is 15.0 Å². The van der Waals surface area contributed by atoms with Gasteiger partial charge in [0.2, 0.25) is 5.95 Å². The van der Waals surface area contributed by atoms with E-state index in [0.29, 0.717) is 11.2 Å². The van der Waals surface area contributed by atoms with Gasteiger partial charge in [-0.05, 0) is 0 Å². The van der Waals surface area contributed by atoms with Crippen LogP contribution in [0.15, 0.2) is 6.33 Å². The van der Waals surface area contributed by atoms with Gasteiger partial charge in [0.1, 0.15) is 17.7 Å². The molecule has 0 aliphatic carbocycles. The minimum Gasteiger partial charge on any atom is -0.394 e. The fourth-order valence-corrected chi connectivity index (χ4v) is 1.79. The molecule has 104 valence electrons. The molecule has 0 saturated carbocycles. The lowest BCUT2D eigenvalue weighted by atomic mass is 10.2. The highest BCUT2D eigenvalue weighted by atomic mass is 16.5. The Morgan fingerprint density at radius 3 is 2.79 bits per heavy atom. The first kappa shape index (κ1) is 13.5. The number of hydrogen-bond donors (Lipinski definition) is 4. The van der Waals surface area contributed by atoms with Crippen molar-refractivity contribution in [1.82, 2.24) is 19.5 Å². The van der Waals surface area contributed by atoms with Gasteiger partial charge in [-0.25, -0.2) is 4.98 Å². The molecule has 19 heavy (non-hydrogen) atoms. The van der Waals surface area contributed by atoms with E-state index in [1.165, 1.54) is 13.4 Å². The maximum atomic E-state index is 9.94. The van der Waals surface area contributed by atoms with Gasteiger partial charge >= 0.3 is 0 Å². The molecular formula is C10H16N6O3. The molecule has 2 rings (SSSR count). The van der Waals surface area contributed by atoms with E-state index in [0.717, 1.165) is 0 Å². The van der Waals surface area contributed by atoms with Crippen molar-refractivity contribution in [3.63, 3.8) is 0 Å². The number of imidazole rings is 1. The zero-order valence-electron chi connectivity index (χ0n) is 10.4. The molecule has 0 fully saturated rings. The van der Waals surface area contributed by atoms with Gasteiger partial charge in [-0.3, -0.25) is 0 Å². The van der Waals surface area contributed by atoms with Gasteiger partial charge < -0.3 is 31.0 Å². The molecule has 0 unspecified atom stereocenters. The number of fused-ring (bicyclic) bond motifs is 1. The predicted octanol–water partition coefficient (Wildman–Crippen LogP) is -1.64. The fourth-order valence-electron chi connectivity index (χ4n) is 1.79. The second kappa shape index (κ2) is 5.34. The Bertz CT molecular complexity index is 568. The topological polar surface area (TPSA) is 145 Å². The Balaban J connectivity index is 2.31. The number of anilines is 2. The summed E-state index contributed by atoms with van der Waals surface area (Å²) in [4.78, 5) is 11.9. The molecule has 0 aromatic carbocycles. The molecule has 0 radical (unpaired) electrons. The third-order valence-corrected chi connectivity index (χ3v) is 2.80. The predicted molar refractivity (Wildman–Crippen MR) is 68.0 cm³/mol. The molecular weight excluding hydrogens is 252 g/mol. The van der Waals surface area contributed by atoms with Crippen molar-refractivity contribution in [2.24, 2.45) is 0 Å². The number of ether oxygens (including phenoxy) is 1. The summed E-state index contributed by atoms with van der Waals surface area (Å²) in [5, 5.41) is 19.0. The number of aromatic nitrogens is 4. The van der Waals surface area contributed by atoms with Gasteiger partial charge in [0.15, 0.2) is 11.5 Å². The standard InChI is InChI=1S/C10H16N6O3/c1-19-6(3-17)5(18)2-16-4-13-7-8(11)14-10(12)15-9(7)16/h4-6,17-18H,2-3H2,1H3,(H4,11,12,14,15)/t5-,6+/m0/s1. The molecule has 2 atom stereocenters. The number of nitrogen functional groups attached to an aromatic ring is 2. The summed E-state index contributed by atoms with van der Waals surface area (Å²) >= 11 is 0. The molecule has 9 nitrogen and oxygen atoms in total. The summed E-state index contributed by atoms with van der Waals surface area (Å²) in [5.74, 6) is 0.216. The van der Waals surface area contributed by atoms with Crippen molar-refractivity contribution >= 4 is 22.9 Å². The van der Waals surface area contributed by atoms with Crippen LogP contribution in [0.3, 0.4) is 0 Å². The third kappa shape index (κ3) is 2.57. The molecule has 9 heteroatoms. The molecule has 2 aromatic heterocycles. The molecule has 0 saturated heterocycles. The number of hydrogen-bond acceptors (Lipinski definition) is 8. The van der Waals surface area contributed by atoms with Crippen molar-refractivity contribution in [3.8, 4) is 0 Å². The lowest BCUT2D eigenvalue weighted by molar-refractivity contribution is -0.0467. The minimum absolute atomic E-state index is 0.0340. The molecule has 0 spiro atoms. The van der Waals surface area contributed by atoms with Gasteiger partial charge in [-0.15, -0.1) is 0 Å². The number of methoxy groups -OCH3 is 1. The first-order valence-electron chi connectivity index (χ1n) is 5.62. The molecule has 0 amide bonds. The highest BCUT2D eigenvalue weighted by molar-refractivity contribution is 5.82. The zero-order valence-corrected chi connectivity index (χ0v) is 10.4. The number of aliphatic hydroxyl groups is 2. The Morgan fingerprint density at radius 1 is 1.42 bits per heavy atom. The Morgan fingerprint density at radius 2 is 2.16 bits per heavy atom. The Labute approximate surface area is 108 Å². The normalized spacial score (nSPS) is 14.7. The van der Waals surface area contributed by atoms with Gasteiger partial charge in [0, 0.05) is 7.11 Å². The maximum Gasteiger partial charge on any atom is 0.224 e. The van der Waals surface area contributed by atoms with Crippen LogP contribution in [-0.2, 0) is 11.3 Å². The van der Waals surface area contributed by atoms with E-state index >= 15 is 0 Å². The third-order valence-electron chi connectivity index (χ3n) is 2.80. The summed E-state index contributed by atoms with van der Waals surface area (Å²) in [7, 11) is 1.41. The number of aliphatic hydroxyl groups excluding tert-OH is 2. The van der Waals surface area contributed by atoms with Crippen molar-refractivity contribution < 1.29 is 14.9 Å². The minimum atomic E-state index is -0.912. The average Bonchev–Trinajstić information content (AvgIpc) is 2.74. The van der Waals surface area contributed by atoms with Crippen LogP contribution < -0.4 is 11.5 Å². The van der Waals surface area contributed by atoms with Crippen LogP contribution in [0.4, 0.5) is 11.8 Å². The smallest absolute Gasteiger partial charge is 0.224 e. The molecule has 2 aromatic rings. The van der Waals surface area contributed by atoms with Crippen molar-refractivity contribution in [2.75, 3.05) is 25.2 Å². The molecule has 0 aliphatic heterocycles. The van der Waals surface area contributed by atoms with Gasteiger partial charge in [0.05, 0.1) is 19.5 Å². The molecule has 6 N–H and O–H groups in total. The van der Waals surface area contributed by atoms with Crippen LogP contribution in [0.25, 0.3) is 11.2 Å². The lowest BCUT2D eigenvalue weighted by Crippen LogP contribution is -2.34. The van der Waals surface area contributed by atoms with E-state index in [4.69, 9.17) is 21.3 Å². The summed E-state index contributed by atoms with van der Waals surface area (Å²) in [6, 6.07) is 0. The SMILES string of the molecule is CO[C@H](CO)[C@@H](O)Cn1cnc2c(N)nc(N)nc21. The second-order valence-electron chi connectivity index (χ2n) is 4.06. The van der Waals surface area contributed by atoms with Crippen LogP contribution in [0, 0.1) is 0 Å². The lowest BCUT2D eigenvalue weighted by Gasteiger charge is -2.19. The average molecular weight is 268 g/mol. The van der Waals surface area contributed by atoms with Crippen molar-refractivity contribution in [1.29, 1.82) is 0 Å².